The molecular weight excluding hydrogens is 300 g/mol. The number of carbonyl (C=O) groups is 1. The smallest absolute Gasteiger partial charge is 0.255 e. The van der Waals surface area contributed by atoms with Crippen LogP contribution in [0.2, 0.25) is 5.02 Å². The molecule has 0 spiro atoms. The van der Waals surface area contributed by atoms with Gasteiger partial charge in [0.2, 0.25) is 0 Å². The van der Waals surface area contributed by atoms with E-state index in [-0.39, 0.29) is 5.91 Å². The second-order valence-corrected chi connectivity index (χ2v) is 5.20. The molecule has 3 rings (SSSR count). The molecule has 0 fully saturated rings. The zero-order chi connectivity index (χ0) is 15.5. The van der Waals surface area contributed by atoms with Crippen molar-refractivity contribution in [2.75, 3.05) is 5.32 Å². The van der Waals surface area contributed by atoms with E-state index in [1.807, 2.05) is 25.1 Å². The summed E-state index contributed by atoms with van der Waals surface area (Å²) in [7, 11) is 0. The number of halogens is 1. The first-order chi connectivity index (χ1) is 10.6. The Labute approximate surface area is 132 Å². The Morgan fingerprint density at radius 3 is 2.73 bits per heavy atom. The third-order valence-electron chi connectivity index (χ3n) is 3.20. The minimum Gasteiger partial charge on any atom is -0.319 e. The van der Waals surface area contributed by atoms with Gasteiger partial charge in [0.05, 0.1) is 23.8 Å². The average Bonchev–Trinajstić information content (AvgIpc) is 2.99. The zero-order valence-corrected chi connectivity index (χ0v) is 12.6. The van der Waals surface area contributed by atoms with Gasteiger partial charge in [0.25, 0.3) is 5.91 Å². The van der Waals surface area contributed by atoms with Gasteiger partial charge in [0, 0.05) is 23.0 Å². The van der Waals surface area contributed by atoms with Crippen LogP contribution >= 0.6 is 11.6 Å². The number of hydrogen-bond acceptors (Lipinski definition) is 3. The summed E-state index contributed by atoms with van der Waals surface area (Å²) in [5, 5.41) is 7.58. The van der Waals surface area contributed by atoms with Gasteiger partial charge in [0.1, 0.15) is 0 Å². The minimum absolute atomic E-state index is 0.226. The van der Waals surface area contributed by atoms with Crippen molar-refractivity contribution in [2.24, 2.45) is 0 Å². The summed E-state index contributed by atoms with van der Waals surface area (Å²) in [5.41, 5.74) is 2.92. The molecule has 0 saturated carbocycles. The van der Waals surface area contributed by atoms with E-state index in [1.165, 1.54) is 0 Å². The van der Waals surface area contributed by atoms with Gasteiger partial charge in [-0.3, -0.25) is 9.78 Å². The van der Waals surface area contributed by atoms with Crippen molar-refractivity contribution in [2.45, 2.75) is 6.92 Å². The van der Waals surface area contributed by atoms with Crippen molar-refractivity contribution >= 4 is 23.2 Å². The summed E-state index contributed by atoms with van der Waals surface area (Å²) in [4.78, 5) is 16.2. The van der Waals surface area contributed by atoms with Crippen LogP contribution in [-0.4, -0.2) is 20.7 Å². The predicted octanol–water partition coefficient (Wildman–Crippen LogP) is 3.48. The van der Waals surface area contributed by atoms with Crippen molar-refractivity contribution in [1.29, 1.82) is 0 Å². The van der Waals surface area contributed by atoms with Gasteiger partial charge in [-0.15, -0.1) is 0 Å². The molecule has 6 heteroatoms. The van der Waals surface area contributed by atoms with Crippen LogP contribution in [-0.2, 0) is 0 Å². The molecule has 0 unspecified atom stereocenters. The molecule has 1 N–H and O–H groups in total. The molecule has 110 valence electrons. The van der Waals surface area contributed by atoms with Crippen LogP contribution in [0, 0.1) is 6.92 Å². The Bertz CT molecular complexity index is 814. The van der Waals surface area contributed by atoms with Crippen LogP contribution in [0.25, 0.3) is 5.69 Å². The Kier molecular flexibility index (Phi) is 3.89. The van der Waals surface area contributed by atoms with Crippen molar-refractivity contribution in [3.63, 3.8) is 0 Å². The van der Waals surface area contributed by atoms with Crippen LogP contribution in [0.3, 0.4) is 0 Å². The largest absolute Gasteiger partial charge is 0.319 e. The fraction of sp³-hybridized carbons (Fsp3) is 0.0625. The highest BCUT2D eigenvalue weighted by Gasteiger charge is 2.09. The Morgan fingerprint density at radius 2 is 2.00 bits per heavy atom. The van der Waals surface area contributed by atoms with E-state index < -0.39 is 0 Å². The van der Waals surface area contributed by atoms with Gasteiger partial charge < -0.3 is 5.32 Å². The summed E-state index contributed by atoms with van der Waals surface area (Å²) in [5.74, 6) is -0.226. The quantitative estimate of drug-likeness (QED) is 0.805. The first-order valence-electron chi connectivity index (χ1n) is 6.66. The molecule has 3 aromatic rings. The highest BCUT2D eigenvalue weighted by Crippen LogP contribution is 2.18. The predicted molar refractivity (Wildman–Crippen MR) is 85.5 cm³/mol. The fourth-order valence-electron chi connectivity index (χ4n) is 1.96. The molecule has 22 heavy (non-hydrogen) atoms. The SMILES string of the molecule is Cc1ccc(C(=O)Nc2cnn(-c3ccncc3)c2)cc1Cl. The van der Waals surface area contributed by atoms with Crippen LogP contribution < -0.4 is 5.32 Å². The molecule has 2 heterocycles. The highest BCUT2D eigenvalue weighted by molar-refractivity contribution is 6.31. The van der Waals surface area contributed by atoms with Gasteiger partial charge in [-0.2, -0.15) is 5.10 Å². The van der Waals surface area contributed by atoms with Gasteiger partial charge in [-0.05, 0) is 36.8 Å². The lowest BCUT2D eigenvalue weighted by Gasteiger charge is -2.04. The number of aryl methyl sites for hydroxylation is 1. The van der Waals surface area contributed by atoms with Gasteiger partial charge in [-0.25, -0.2) is 4.68 Å². The van der Waals surface area contributed by atoms with E-state index in [0.29, 0.717) is 16.3 Å². The summed E-state index contributed by atoms with van der Waals surface area (Å²) in [6.45, 7) is 1.89. The van der Waals surface area contributed by atoms with Crippen molar-refractivity contribution in [3.05, 3.63) is 71.3 Å². The number of nitrogens with one attached hydrogen (secondary N) is 1. The zero-order valence-electron chi connectivity index (χ0n) is 11.8. The Morgan fingerprint density at radius 1 is 1.23 bits per heavy atom. The Hall–Kier alpha value is -2.66. The topological polar surface area (TPSA) is 59.8 Å². The molecule has 0 bridgehead atoms. The fourth-order valence-corrected chi connectivity index (χ4v) is 2.14. The van der Waals surface area contributed by atoms with Gasteiger partial charge >= 0.3 is 0 Å². The van der Waals surface area contributed by atoms with Crippen LogP contribution in [0.5, 0.6) is 0 Å². The van der Waals surface area contributed by atoms with Gasteiger partial charge in [0.15, 0.2) is 0 Å². The molecule has 0 aliphatic rings. The number of aromatic nitrogens is 3. The number of pyridine rings is 1. The maximum absolute atomic E-state index is 12.2. The number of anilines is 1. The van der Waals surface area contributed by atoms with Crippen LogP contribution in [0.4, 0.5) is 5.69 Å². The number of nitrogens with zero attached hydrogens (tertiary/aromatic N) is 3. The molecule has 0 aliphatic carbocycles. The van der Waals surface area contributed by atoms with Crippen molar-refractivity contribution < 1.29 is 4.79 Å². The summed E-state index contributed by atoms with van der Waals surface area (Å²) in [6, 6.07) is 8.87. The molecule has 2 aromatic heterocycles. The highest BCUT2D eigenvalue weighted by atomic mass is 35.5. The third kappa shape index (κ3) is 2.99. The van der Waals surface area contributed by atoms with E-state index in [0.717, 1.165) is 11.3 Å². The third-order valence-corrected chi connectivity index (χ3v) is 3.61. The molecule has 0 saturated heterocycles. The van der Waals surface area contributed by atoms with E-state index >= 15 is 0 Å². The summed E-state index contributed by atoms with van der Waals surface area (Å²) >= 11 is 6.04. The van der Waals surface area contributed by atoms with Crippen LogP contribution in [0.15, 0.2) is 55.1 Å². The molecule has 1 amide bonds. The molecular formula is C16H13ClN4O. The minimum atomic E-state index is -0.226. The van der Waals surface area contributed by atoms with Gasteiger partial charge in [-0.1, -0.05) is 17.7 Å². The first-order valence-corrected chi connectivity index (χ1v) is 7.04. The van der Waals surface area contributed by atoms with E-state index in [1.54, 1.807) is 41.6 Å². The monoisotopic (exact) mass is 312 g/mol. The normalized spacial score (nSPS) is 10.5. The number of rotatable bonds is 3. The standard InChI is InChI=1S/C16H13ClN4O/c1-11-2-3-12(8-15(11)17)16(22)20-13-9-19-21(10-13)14-4-6-18-7-5-14/h2-10H,1H3,(H,20,22). The lowest BCUT2D eigenvalue weighted by Crippen LogP contribution is -2.11. The summed E-state index contributed by atoms with van der Waals surface area (Å²) < 4.78 is 1.67. The second-order valence-electron chi connectivity index (χ2n) is 4.80. The molecule has 5 nitrogen and oxygen atoms in total. The number of hydrogen-bond donors (Lipinski definition) is 1. The second kappa shape index (κ2) is 5.99. The molecule has 0 aliphatic heterocycles. The maximum atomic E-state index is 12.2. The number of benzene rings is 1. The number of amides is 1. The lowest BCUT2D eigenvalue weighted by atomic mass is 10.1. The molecule has 1 aromatic carbocycles. The first kappa shape index (κ1) is 14.3. The van der Waals surface area contributed by atoms with E-state index in [4.69, 9.17) is 11.6 Å². The number of carbonyl (C=O) groups excluding carboxylic acids is 1. The van der Waals surface area contributed by atoms with Crippen molar-refractivity contribution in [1.82, 2.24) is 14.8 Å². The lowest BCUT2D eigenvalue weighted by molar-refractivity contribution is 0.102. The van der Waals surface area contributed by atoms with Crippen LogP contribution in [0.1, 0.15) is 15.9 Å². The molecule has 0 radical (unpaired) electrons. The van der Waals surface area contributed by atoms with E-state index in [9.17, 15) is 4.79 Å². The summed E-state index contributed by atoms with van der Waals surface area (Å²) in [6.07, 6.45) is 6.70. The van der Waals surface area contributed by atoms with Crippen molar-refractivity contribution in [3.8, 4) is 5.69 Å². The Balaban J connectivity index is 1.77. The molecule has 0 atom stereocenters. The van der Waals surface area contributed by atoms with E-state index in [2.05, 4.69) is 15.4 Å². The maximum Gasteiger partial charge on any atom is 0.255 e. The average molecular weight is 313 g/mol.